The van der Waals surface area contributed by atoms with Gasteiger partial charge in [0.05, 0.1) is 7.11 Å². The molecular formula is C19H24N2O7. The molecule has 28 heavy (non-hydrogen) atoms. The van der Waals surface area contributed by atoms with Crippen LogP contribution in [0.5, 0.6) is 11.5 Å². The average molecular weight is 392 g/mol. The van der Waals surface area contributed by atoms with Crippen LogP contribution in [0.4, 0.5) is 0 Å². The number of piperidine rings is 1. The molecule has 1 atom stereocenters. The number of nitrogens with two attached hydrogens (primary N) is 1. The van der Waals surface area contributed by atoms with Gasteiger partial charge in [0, 0.05) is 12.1 Å². The molecule has 1 aromatic rings. The molecule has 0 bridgehead atoms. The van der Waals surface area contributed by atoms with Crippen LogP contribution in [-0.4, -0.2) is 61.4 Å². The fourth-order valence-corrected chi connectivity index (χ4v) is 2.94. The van der Waals surface area contributed by atoms with Gasteiger partial charge >= 0.3 is 5.97 Å². The second kappa shape index (κ2) is 9.72. The summed E-state index contributed by atoms with van der Waals surface area (Å²) in [5.74, 6) is -1.35. The standard InChI is InChI=1S/C19H24N2O7/c1-12(22)13-6-7-15(16(9-13)26-2)27-11-18(24)28-10-17(23)21-8-4-3-5-14(21)19(20)25/h6-7,9,14H,3-5,8,10-11H2,1-2H3,(H2,20,25)/t14-/m0/s1. The third-order valence-corrected chi connectivity index (χ3v) is 4.42. The Hall–Kier alpha value is -3.10. The molecule has 9 nitrogen and oxygen atoms in total. The highest BCUT2D eigenvalue weighted by molar-refractivity contribution is 5.94. The number of amides is 2. The van der Waals surface area contributed by atoms with Crippen molar-refractivity contribution in [3.63, 3.8) is 0 Å². The Balaban J connectivity index is 1.86. The van der Waals surface area contributed by atoms with Gasteiger partial charge in [-0.15, -0.1) is 0 Å². The van der Waals surface area contributed by atoms with Gasteiger partial charge in [-0.05, 0) is 44.4 Å². The fourth-order valence-electron chi connectivity index (χ4n) is 2.94. The van der Waals surface area contributed by atoms with Gasteiger partial charge < -0.3 is 24.8 Å². The van der Waals surface area contributed by atoms with E-state index < -0.39 is 37.0 Å². The first kappa shape index (κ1) is 21.2. The van der Waals surface area contributed by atoms with Crippen molar-refractivity contribution in [3.8, 4) is 11.5 Å². The van der Waals surface area contributed by atoms with Crippen molar-refractivity contribution in [2.24, 2.45) is 5.73 Å². The molecule has 0 saturated carbocycles. The lowest BCUT2D eigenvalue weighted by Gasteiger charge is -2.33. The number of ether oxygens (including phenoxy) is 3. The molecule has 2 rings (SSSR count). The van der Waals surface area contributed by atoms with E-state index in [2.05, 4.69) is 0 Å². The van der Waals surface area contributed by atoms with Crippen LogP contribution < -0.4 is 15.2 Å². The van der Waals surface area contributed by atoms with Gasteiger partial charge in [-0.3, -0.25) is 14.4 Å². The Morgan fingerprint density at radius 1 is 1.14 bits per heavy atom. The first-order valence-corrected chi connectivity index (χ1v) is 8.89. The van der Waals surface area contributed by atoms with Crippen LogP contribution in [0.2, 0.25) is 0 Å². The maximum atomic E-state index is 12.2. The Morgan fingerprint density at radius 2 is 1.89 bits per heavy atom. The van der Waals surface area contributed by atoms with Gasteiger partial charge in [-0.1, -0.05) is 0 Å². The van der Waals surface area contributed by atoms with Crippen molar-refractivity contribution in [1.82, 2.24) is 4.90 Å². The summed E-state index contributed by atoms with van der Waals surface area (Å²) in [6, 6.07) is 3.90. The summed E-state index contributed by atoms with van der Waals surface area (Å²) < 4.78 is 15.4. The number of nitrogens with zero attached hydrogens (tertiary/aromatic N) is 1. The summed E-state index contributed by atoms with van der Waals surface area (Å²) in [7, 11) is 1.41. The molecule has 1 fully saturated rings. The molecule has 1 saturated heterocycles. The summed E-state index contributed by atoms with van der Waals surface area (Å²) in [5, 5.41) is 0. The molecule has 2 N–H and O–H groups in total. The van der Waals surface area contributed by atoms with Crippen LogP contribution in [0.3, 0.4) is 0 Å². The number of hydrogen-bond acceptors (Lipinski definition) is 7. The van der Waals surface area contributed by atoms with E-state index in [9.17, 15) is 19.2 Å². The van der Waals surface area contributed by atoms with Gasteiger partial charge in [0.25, 0.3) is 5.91 Å². The second-order valence-corrected chi connectivity index (χ2v) is 6.37. The van der Waals surface area contributed by atoms with E-state index in [-0.39, 0.29) is 11.5 Å². The van der Waals surface area contributed by atoms with Crippen LogP contribution in [-0.2, 0) is 19.1 Å². The zero-order chi connectivity index (χ0) is 20.7. The number of esters is 1. The second-order valence-electron chi connectivity index (χ2n) is 6.37. The number of rotatable bonds is 8. The molecule has 152 valence electrons. The van der Waals surface area contributed by atoms with Gasteiger partial charge in [0.1, 0.15) is 6.04 Å². The molecule has 0 unspecified atom stereocenters. The van der Waals surface area contributed by atoms with Crippen molar-refractivity contribution in [1.29, 1.82) is 0 Å². The van der Waals surface area contributed by atoms with Crippen molar-refractivity contribution >= 4 is 23.6 Å². The number of carbonyl (C=O) groups excluding carboxylic acids is 4. The maximum Gasteiger partial charge on any atom is 0.344 e. The quantitative estimate of drug-likeness (QED) is 0.509. The van der Waals surface area contributed by atoms with E-state index in [1.807, 2.05) is 0 Å². The highest BCUT2D eigenvalue weighted by atomic mass is 16.6. The topological polar surface area (TPSA) is 125 Å². The minimum atomic E-state index is -0.751. The normalized spacial score (nSPS) is 16.2. The zero-order valence-electron chi connectivity index (χ0n) is 15.9. The smallest absolute Gasteiger partial charge is 0.344 e. The highest BCUT2D eigenvalue weighted by Crippen LogP contribution is 2.28. The number of methoxy groups -OCH3 is 1. The highest BCUT2D eigenvalue weighted by Gasteiger charge is 2.31. The first-order chi connectivity index (χ1) is 13.3. The monoisotopic (exact) mass is 392 g/mol. The van der Waals surface area contributed by atoms with Crippen molar-refractivity contribution in [2.45, 2.75) is 32.2 Å². The maximum absolute atomic E-state index is 12.2. The molecular weight excluding hydrogens is 368 g/mol. The van der Waals surface area contributed by atoms with E-state index in [1.165, 1.54) is 31.1 Å². The van der Waals surface area contributed by atoms with E-state index >= 15 is 0 Å². The lowest BCUT2D eigenvalue weighted by atomic mass is 10.0. The predicted molar refractivity (Wildman–Crippen MR) is 98.0 cm³/mol. The number of carbonyl (C=O) groups is 4. The Bertz CT molecular complexity index is 763. The van der Waals surface area contributed by atoms with E-state index in [1.54, 1.807) is 6.07 Å². The Labute approximate surface area is 162 Å². The molecule has 0 radical (unpaired) electrons. The van der Waals surface area contributed by atoms with Crippen molar-refractivity contribution in [3.05, 3.63) is 23.8 Å². The molecule has 1 aliphatic rings. The molecule has 1 aliphatic heterocycles. The lowest BCUT2D eigenvalue weighted by molar-refractivity contribution is -0.156. The molecule has 1 heterocycles. The minimum absolute atomic E-state index is 0.130. The number of likely N-dealkylation sites (tertiary alicyclic amines) is 1. The third kappa shape index (κ3) is 5.45. The largest absolute Gasteiger partial charge is 0.493 e. The van der Waals surface area contributed by atoms with Crippen LogP contribution in [0.25, 0.3) is 0 Å². The van der Waals surface area contributed by atoms with Crippen LogP contribution in [0.1, 0.15) is 36.5 Å². The number of ketones is 1. The molecule has 0 aromatic heterocycles. The Morgan fingerprint density at radius 3 is 2.54 bits per heavy atom. The fraction of sp³-hybridized carbons (Fsp3) is 0.474. The summed E-state index contributed by atoms with van der Waals surface area (Å²) >= 11 is 0. The first-order valence-electron chi connectivity index (χ1n) is 8.89. The van der Waals surface area contributed by atoms with Crippen LogP contribution in [0.15, 0.2) is 18.2 Å². The number of benzene rings is 1. The third-order valence-electron chi connectivity index (χ3n) is 4.42. The van der Waals surface area contributed by atoms with Gasteiger partial charge in [0.15, 0.2) is 30.5 Å². The summed E-state index contributed by atoms with van der Waals surface area (Å²) in [4.78, 5) is 48.3. The van der Waals surface area contributed by atoms with E-state index in [4.69, 9.17) is 19.9 Å². The summed E-state index contributed by atoms with van der Waals surface area (Å²) in [6.45, 7) is 0.893. The molecule has 1 aromatic carbocycles. The number of primary amides is 1. The van der Waals surface area contributed by atoms with Crippen LogP contribution in [0, 0.1) is 0 Å². The van der Waals surface area contributed by atoms with Gasteiger partial charge in [-0.2, -0.15) is 0 Å². The van der Waals surface area contributed by atoms with E-state index in [0.717, 1.165) is 12.8 Å². The van der Waals surface area contributed by atoms with Crippen LogP contribution >= 0.6 is 0 Å². The Kier molecular flexibility index (Phi) is 7.36. The van der Waals surface area contributed by atoms with Crippen molar-refractivity contribution < 1.29 is 33.4 Å². The predicted octanol–water partition coefficient (Wildman–Crippen LogP) is 0.686. The average Bonchev–Trinajstić information content (AvgIpc) is 2.70. The van der Waals surface area contributed by atoms with E-state index in [0.29, 0.717) is 24.3 Å². The van der Waals surface area contributed by atoms with Crippen molar-refractivity contribution in [2.75, 3.05) is 26.9 Å². The lowest BCUT2D eigenvalue weighted by Crippen LogP contribution is -2.51. The minimum Gasteiger partial charge on any atom is -0.493 e. The number of Topliss-reactive ketones (excluding diaryl/α,β-unsaturated/α-hetero) is 1. The molecule has 0 aliphatic carbocycles. The molecule has 2 amide bonds. The molecule has 9 heteroatoms. The summed E-state index contributed by atoms with van der Waals surface area (Å²) in [5.41, 5.74) is 5.77. The SMILES string of the molecule is COc1cc(C(C)=O)ccc1OCC(=O)OCC(=O)N1CCCC[C@H]1C(N)=O. The summed E-state index contributed by atoms with van der Waals surface area (Å²) in [6.07, 6.45) is 2.09. The zero-order valence-corrected chi connectivity index (χ0v) is 15.9. The van der Waals surface area contributed by atoms with Gasteiger partial charge in [-0.25, -0.2) is 4.79 Å². The van der Waals surface area contributed by atoms with Gasteiger partial charge in [0.2, 0.25) is 5.91 Å². The molecule has 0 spiro atoms. The number of hydrogen-bond donors (Lipinski definition) is 1.